The highest BCUT2D eigenvalue weighted by molar-refractivity contribution is 9.10. The molecule has 0 heterocycles. The fourth-order valence-electron chi connectivity index (χ4n) is 1.59. The minimum Gasteiger partial charge on any atom is -0.454 e. The van der Waals surface area contributed by atoms with Gasteiger partial charge < -0.3 is 10.5 Å². The maximum atomic E-state index is 13.6. The van der Waals surface area contributed by atoms with Gasteiger partial charge in [-0.3, -0.25) is 4.79 Å². The molecule has 0 aliphatic heterocycles. The maximum Gasteiger partial charge on any atom is 0.165 e. The number of carbonyl (C=O) groups excluding carboxylic acids is 1. The molecule has 0 saturated carbocycles. The van der Waals surface area contributed by atoms with Gasteiger partial charge in [0.15, 0.2) is 17.3 Å². The summed E-state index contributed by atoms with van der Waals surface area (Å²) in [6.07, 6.45) is 0. The molecule has 98 valence electrons. The fraction of sp³-hybridized carbons (Fsp3) is 0.0714. The van der Waals surface area contributed by atoms with Crippen LogP contribution in [0.25, 0.3) is 0 Å². The summed E-state index contributed by atoms with van der Waals surface area (Å²) in [5, 5.41) is 0. The average molecular weight is 324 g/mol. The van der Waals surface area contributed by atoms with Crippen molar-refractivity contribution in [2.45, 2.75) is 6.92 Å². The molecule has 0 fully saturated rings. The highest BCUT2D eigenvalue weighted by atomic mass is 79.9. The van der Waals surface area contributed by atoms with E-state index in [2.05, 4.69) is 15.9 Å². The summed E-state index contributed by atoms with van der Waals surface area (Å²) in [5.41, 5.74) is 6.40. The van der Waals surface area contributed by atoms with E-state index < -0.39 is 5.82 Å². The largest absolute Gasteiger partial charge is 0.454 e. The molecule has 5 heteroatoms. The standard InChI is InChI=1S/C14H11BrFNO2/c1-8(18)11-7-10(3-5-13(11)17)19-14-6-9(15)2-4-12(14)16/h2-7H,17H2,1H3. The zero-order chi connectivity index (χ0) is 14.0. The highest BCUT2D eigenvalue weighted by Gasteiger charge is 2.09. The minimum absolute atomic E-state index is 0.0775. The molecule has 0 bridgehead atoms. The third-order valence-corrected chi connectivity index (χ3v) is 3.02. The van der Waals surface area contributed by atoms with Crippen LogP contribution in [-0.2, 0) is 0 Å². The van der Waals surface area contributed by atoms with E-state index >= 15 is 0 Å². The first kappa shape index (κ1) is 13.5. The minimum atomic E-state index is -0.482. The summed E-state index contributed by atoms with van der Waals surface area (Å²) in [6.45, 7) is 1.41. The van der Waals surface area contributed by atoms with Crippen LogP contribution in [0.2, 0.25) is 0 Å². The SMILES string of the molecule is CC(=O)c1cc(Oc2cc(Br)ccc2F)ccc1N. The number of ketones is 1. The van der Waals surface area contributed by atoms with E-state index in [1.807, 2.05) is 0 Å². The molecular formula is C14H11BrFNO2. The topological polar surface area (TPSA) is 52.3 Å². The maximum absolute atomic E-state index is 13.6. The molecule has 0 aromatic heterocycles. The Kier molecular flexibility index (Phi) is 3.85. The summed E-state index contributed by atoms with van der Waals surface area (Å²) < 4.78 is 19.7. The van der Waals surface area contributed by atoms with Crippen LogP contribution >= 0.6 is 15.9 Å². The fourth-order valence-corrected chi connectivity index (χ4v) is 1.93. The number of nitrogens with two attached hydrogens (primary N) is 1. The van der Waals surface area contributed by atoms with E-state index in [4.69, 9.17) is 10.5 Å². The van der Waals surface area contributed by atoms with Crippen molar-refractivity contribution in [3.63, 3.8) is 0 Å². The van der Waals surface area contributed by atoms with Gasteiger partial charge in [0.25, 0.3) is 0 Å². The predicted molar refractivity (Wildman–Crippen MR) is 75.0 cm³/mol. The number of nitrogen functional groups attached to an aromatic ring is 1. The van der Waals surface area contributed by atoms with Crippen LogP contribution in [0.4, 0.5) is 10.1 Å². The van der Waals surface area contributed by atoms with Gasteiger partial charge in [0.2, 0.25) is 0 Å². The molecule has 0 aliphatic rings. The molecule has 2 N–H and O–H groups in total. The summed E-state index contributed by atoms with van der Waals surface area (Å²) >= 11 is 3.24. The Morgan fingerprint density at radius 1 is 1.26 bits per heavy atom. The van der Waals surface area contributed by atoms with Crippen LogP contribution in [0.1, 0.15) is 17.3 Å². The number of carbonyl (C=O) groups is 1. The average Bonchev–Trinajstić information content (AvgIpc) is 2.36. The molecule has 0 atom stereocenters. The quantitative estimate of drug-likeness (QED) is 0.681. The molecule has 0 unspecified atom stereocenters. The van der Waals surface area contributed by atoms with E-state index in [1.54, 1.807) is 18.2 Å². The van der Waals surface area contributed by atoms with Crippen molar-refractivity contribution in [3.8, 4) is 11.5 Å². The molecule has 0 spiro atoms. The van der Waals surface area contributed by atoms with Crippen LogP contribution in [0.3, 0.4) is 0 Å². The number of rotatable bonds is 3. The number of hydrogen-bond donors (Lipinski definition) is 1. The van der Waals surface area contributed by atoms with Crippen molar-refractivity contribution in [3.05, 3.63) is 52.3 Å². The van der Waals surface area contributed by atoms with Gasteiger partial charge in [-0.1, -0.05) is 15.9 Å². The van der Waals surface area contributed by atoms with Crippen LogP contribution in [-0.4, -0.2) is 5.78 Å². The molecular weight excluding hydrogens is 313 g/mol. The summed E-state index contributed by atoms with van der Waals surface area (Å²) in [4.78, 5) is 11.4. The van der Waals surface area contributed by atoms with Gasteiger partial charge in [-0.25, -0.2) is 4.39 Å². The van der Waals surface area contributed by atoms with Crippen molar-refractivity contribution in [2.75, 3.05) is 5.73 Å². The first-order valence-electron chi connectivity index (χ1n) is 5.51. The van der Waals surface area contributed by atoms with E-state index in [0.29, 0.717) is 21.5 Å². The lowest BCUT2D eigenvalue weighted by Gasteiger charge is -2.09. The van der Waals surface area contributed by atoms with Crippen molar-refractivity contribution in [1.82, 2.24) is 0 Å². The molecule has 0 amide bonds. The van der Waals surface area contributed by atoms with Crippen molar-refractivity contribution >= 4 is 27.4 Å². The molecule has 0 radical (unpaired) electrons. The molecule has 0 aliphatic carbocycles. The number of ether oxygens (including phenoxy) is 1. The number of hydrogen-bond acceptors (Lipinski definition) is 3. The Morgan fingerprint density at radius 3 is 2.68 bits per heavy atom. The molecule has 19 heavy (non-hydrogen) atoms. The van der Waals surface area contributed by atoms with Crippen LogP contribution in [0, 0.1) is 5.82 Å². The second-order valence-corrected chi connectivity index (χ2v) is 4.90. The van der Waals surface area contributed by atoms with Gasteiger partial charge in [-0.15, -0.1) is 0 Å². The van der Waals surface area contributed by atoms with E-state index in [9.17, 15) is 9.18 Å². The van der Waals surface area contributed by atoms with E-state index in [-0.39, 0.29) is 11.5 Å². The van der Waals surface area contributed by atoms with E-state index in [0.717, 1.165) is 0 Å². The lowest BCUT2D eigenvalue weighted by atomic mass is 10.1. The van der Waals surface area contributed by atoms with Crippen LogP contribution < -0.4 is 10.5 Å². The smallest absolute Gasteiger partial charge is 0.165 e. The van der Waals surface area contributed by atoms with Crippen LogP contribution in [0.15, 0.2) is 40.9 Å². The van der Waals surface area contributed by atoms with Gasteiger partial charge in [0.1, 0.15) is 5.75 Å². The van der Waals surface area contributed by atoms with Crippen molar-refractivity contribution in [2.24, 2.45) is 0 Å². The number of anilines is 1. The summed E-state index contributed by atoms with van der Waals surface area (Å²) in [7, 11) is 0. The van der Waals surface area contributed by atoms with Gasteiger partial charge in [0.05, 0.1) is 0 Å². The van der Waals surface area contributed by atoms with E-state index in [1.165, 1.54) is 25.1 Å². The Labute approximate surface area is 118 Å². The zero-order valence-corrected chi connectivity index (χ0v) is 11.7. The first-order chi connectivity index (χ1) is 8.97. The summed E-state index contributed by atoms with van der Waals surface area (Å²) in [5.74, 6) is -0.216. The van der Waals surface area contributed by atoms with Crippen molar-refractivity contribution < 1.29 is 13.9 Å². The second kappa shape index (κ2) is 5.40. The lowest BCUT2D eigenvalue weighted by Crippen LogP contribution is -2.00. The first-order valence-corrected chi connectivity index (χ1v) is 6.30. The Hall–Kier alpha value is -1.88. The monoisotopic (exact) mass is 323 g/mol. The molecule has 2 aromatic rings. The van der Waals surface area contributed by atoms with Crippen LogP contribution in [0.5, 0.6) is 11.5 Å². The normalized spacial score (nSPS) is 10.3. The molecule has 3 nitrogen and oxygen atoms in total. The van der Waals surface area contributed by atoms with Gasteiger partial charge in [0, 0.05) is 15.7 Å². The Bertz CT molecular complexity index is 643. The third-order valence-electron chi connectivity index (χ3n) is 2.53. The number of benzene rings is 2. The van der Waals surface area contributed by atoms with Gasteiger partial charge in [-0.2, -0.15) is 0 Å². The van der Waals surface area contributed by atoms with Gasteiger partial charge in [-0.05, 0) is 43.3 Å². The zero-order valence-electron chi connectivity index (χ0n) is 10.1. The lowest BCUT2D eigenvalue weighted by molar-refractivity contribution is 0.101. The molecule has 0 saturated heterocycles. The molecule has 2 rings (SSSR count). The second-order valence-electron chi connectivity index (χ2n) is 3.98. The Balaban J connectivity index is 2.36. The number of halogens is 2. The summed E-state index contributed by atoms with van der Waals surface area (Å²) in [6, 6.07) is 9.02. The third kappa shape index (κ3) is 3.12. The Morgan fingerprint density at radius 2 is 2.00 bits per heavy atom. The molecule has 2 aromatic carbocycles. The predicted octanol–water partition coefficient (Wildman–Crippen LogP) is 4.17. The van der Waals surface area contributed by atoms with Gasteiger partial charge >= 0.3 is 0 Å². The number of Topliss-reactive ketones (excluding diaryl/α,β-unsaturated/α-hetero) is 1. The highest BCUT2D eigenvalue weighted by Crippen LogP contribution is 2.29. The van der Waals surface area contributed by atoms with Crippen molar-refractivity contribution in [1.29, 1.82) is 0 Å².